The minimum absolute atomic E-state index is 0.407. The summed E-state index contributed by atoms with van der Waals surface area (Å²) in [6, 6.07) is 3.75. The van der Waals surface area contributed by atoms with Crippen molar-refractivity contribution in [3.8, 4) is 0 Å². The van der Waals surface area contributed by atoms with Crippen LogP contribution in [-0.2, 0) is 4.74 Å². The Kier molecular flexibility index (Phi) is 1.36. The van der Waals surface area contributed by atoms with Gasteiger partial charge in [0, 0.05) is 12.6 Å². The Bertz CT molecular complexity index is 191. The number of anilines is 1. The van der Waals surface area contributed by atoms with Crippen molar-refractivity contribution >= 4 is 5.88 Å². The third-order valence-corrected chi connectivity index (χ3v) is 1.43. The van der Waals surface area contributed by atoms with Crippen LogP contribution in [0.4, 0.5) is 5.88 Å². The molecule has 1 unspecified atom stereocenters. The van der Waals surface area contributed by atoms with Crippen molar-refractivity contribution in [1.82, 2.24) is 0 Å². The number of hydrogen-bond donors (Lipinski definition) is 1. The van der Waals surface area contributed by atoms with E-state index >= 15 is 0 Å². The van der Waals surface area contributed by atoms with Gasteiger partial charge in [-0.3, -0.25) is 0 Å². The van der Waals surface area contributed by atoms with E-state index in [1.54, 1.807) is 6.26 Å². The van der Waals surface area contributed by atoms with Crippen molar-refractivity contribution in [2.75, 3.05) is 18.5 Å². The second-order valence-corrected chi connectivity index (χ2v) is 2.31. The topological polar surface area (TPSA) is 37.7 Å². The summed E-state index contributed by atoms with van der Waals surface area (Å²) in [6.07, 6.45) is 2.06. The minimum Gasteiger partial charge on any atom is -0.449 e. The van der Waals surface area contributed by atoms with Crippen LogP contribution in [0, 0.1) is 0 Å². The summed E-state index contributed by atoms with van der Waals surface area (Å²) < 4.78 is 10.0. The molecule has 1 N–H and O–H groups in total. The summed E-state index contributed by atoms with van der Waals surface area (Å²) in [4.78, 5) is 0. The quantitative estimate of drug-likeness (QED) is 0.637. The molecule has 1 atom stereocenters. The lowest BCUT2D eigenvalue weighted by Gasteiger charge is -1.96. The molecule has 1 aliphatic rings. The first-order valence-electron chi connectivity index (χ1n) is 3.34. The van der Waals surface area contributed by atoms with Gasteiger partial charge in [0.2, 0.25) is 0 Å². The van der Waals surface area contributed by atoms with Crippen LogP contribution in [-0.4, -0.2) is 19.3 Å². The second kappa shape index (κ2) is 2.34. The molecule has 3 nitrogen and oxygen atoms in total. The number of hydrogen-bond acceptors (Lipinski definition) is 3. The Balaban J connectivity index is 1.79. The number of ether oxygens (including phenoxy) is 1. The zero-order valence-corrected chi connectivity index (χ0v) is 5.54. The molecule has 2 heterocycles. The first-order valence-corrected chi connectivity index (χ1v) is 3.34. The van der Waals surface area contributed by atoms with E-state index in [2.05, 4.69) is 5.32 Å². The summed E-state index contributed by atoms with van der Waals surface area (Å²) in [6.45, 7) is 1.74. The molecule has 0 amide bonds. The van der Waals surface area contributed by atoms with Crippen molar-refractivity contribution in [2.45, 2.75) is 6.10 Å². The second-order valence-electron chi connectivity index (χ2n) is 2.31. The first-order chi connectivity index (χ1) is 4.95. The Morgan fingerprint density at radius 3 is 3.20 bits per heavy atom. The van der Waals surface area contributed by atoms with Crippen LogP contribution in [0.15, 0.2) is 22.8 Å². The van der Waals surface area contributed by atoms with E-state index in [0.29, 0.717) is 6.10 Å². The maximum Gasteiger partial charge on any atom is 0.192 e. The Labute approximate surface area is 59.0 Å². The summed E-state index contributed by atoms with van der Waals surface area (Å²) in [5.74, 6) is 0.815. The molecule has 0 bridgehead atoms. The van der Waals surface area contributed by atoms with Crippen LogP contribution >= 0.6 is 0 Å². The Morgan fingerprint density at radius 1 is 1.70 bits per heavy atom. The lowest BCUT2D eigenvalue weighted by atomic mass is 10.5. The van der Waals surface area contributed by atoms with Crippen molar-refractivity contribution < 1.29 is 9.15 Å². The molecule has 3 heteroatoms. The molecule has 0 spiro atoms. The Hall–Kier alpha value is -0.960. The van der Waals surface area contributed by atoms with Crippen LogP contribution in [0.25, 0.3) is 0 Å². The zero-order chi connectivity index (χ0) is 6.81. The SMILES string of the molecule is c1coc(NCC2CO2)c1. The van der Waals surface area contributed by atoms with Gasteiger partial charge in [-0.05, 0) is 6.07 Å². The molecule has 54 valence electrons. The zero-order valence-electron chi connectivity index (χ0n) is 5.54. The van der Waals surface area contributed by atoms with Gasteiger partial charge in [-0.2, -0.15) is 0 Å². The minimum atomic E-state index is 0.407. The van der Waals surface area contributed by atoms with E-state index in [-0.39, 0.29) is 0 Å². The lowest BCUT2D eigenvalue weighted by Crippen LogP contribution is -2.06. The van der Waals surface area contributed by atoms with Gasteiger partial charge in [0.25, 0.3) is 0 Å². The van der Waals surface area contributed by atoms with E-state index in [4.69, 9.17) is 9.15 Å². The van der Waals surface area contributed by atoms with E-state index in [1.165, 1.54) is 0 Å². The molecule has 0 radical (unpaired) electrons. The largest absolute Gasteiger partial charge is 0.449 e. The van der Waals surface area contributed by atoms with Gasteiger partial charge in [-0.25, -0.2) is 0 Å². The fraction of sp³-hybridized carbons (Fsp3) is 0.429. The molecule has 2 rings (SSSR count). The van der Waals surface area contributed by atoms with Crippen LogP contribution in [0.3, 0.4) is 0 Å². The van der Waals surface area contributed by atoms with Crippen LogP contribution in [0.2, 0.25) is 0 Å². The molecule has 0 aliphatic carbocycles. The van der Waals surface area contributed by atoms with E-state index in [1.807, 2.05) is 12.1 Å². The van der Waals surface area contributed by atoms with Gasteiger partial charge in [0.1, 0.15) is 0 Å². The maximum atomic E-state index is 5.04. The summed E-state index contributed by atoms with van der Waals surface area (Å²) in [7, 11) is 0. The molecule has 0 aromatic carbocycles. The van der Waals surface area contributed by atoms with Gasteiger partial charge in [0.05, 0.1) is 19.0 Å². The molecule has 1 aromatic heterocycles. The molecule has 0 saturated carbocycles. The van der Waals surface area contributed by atoms with E-state index in [0.717, 1.165) is 19.0 Å². The molecule has 1 saturated heterocycles. The molecule has 1 aliphatic heterocycles. The van der Waals surface area contributed by atoms with Crippen LogP contribution < -0.4 is 5.32 Å². The first kappa shape index (κ1) is 5.80. The predicted molar refractivity (Wildman–Crippen MR) is 36.9 cm³/mol. The average Bonchev–Trinajstić information content (AvgIpc) is 2.63. The molecule has 1 aromatic rings. The maximum absolute atomic E-state index is 5.04. The standard InChI is InChI=1S/C7H9NO2/c1-2-7(9-3-1)8-4-6-5-10-6/h1-3,6,8H,4-5H2. The molecule has 10 heavy (non-hydrogen) atoms. The van der Waals surface area contributed by atoms with Crippen LogP contribution in [0.1, 0.15) is 0 Å². The average molecular weight is 139 g/mol. The fourth-order valence-electron chi connectivity index (χ4n) is 0.779. The van der Waals surface area contributed by atoms with Crippen molar-refractivity contribution in [3.63, 3.8) is 0 Å². The van der Waals surface area contributed by atoms with Gasteiger partial charge >= 0.3 is 0 Å². The summed E-state index contributed by atoms with van der Waals surface area (Å²) in [5.41, 5.74) is 0. The Morgan fingerprint density at radius 2 is 2.60 bits per heavy atom. The van der Waals surface area contributed by atoms with Gasteiger partial charge in [-0.15, -0.1) is 0 Å². The number of epoxide rings is 1. The van der Waals surface area contributed by atoms with E-state index in [9.17, 15) is 0 Å². The normalized spacial score (nSPS) is 22.6. The fourth-order valence-corrected chi connectivity index (χ4v) is 0.779. The number of rotatable bonds is 3. The van der Waals surface area contributed by atoms with Crippen molar-refractivity contribution in [1.29, 1.82) is 0 Å². The van der Waals surface area contributed by atoms with Gasteiger partial charge in [0.15, 0.2) is 5.88 Å². The highest BCUT2D eigenvalue weighted by Crippen LogP contribution is 2.11. The number of nitrogens with one attached hydrogen (secondary N) is 1. The van der Waals surface area contributed by atoms with E-state index < -0.39 is 0 Å². The van der Waals surface area contributed by atoms with Crippen LogP contribution in [0.5, 0.6) is 0 Å². The summed E-state index contributed by atoms with van der Waals surface area (Å²) >= 11 is 0. The van der Waals surface area contributed by atoms with Crippen molar-refractivity contribution in [3.05, 3.63) is 18.4 Å². The van der Waals surface area contributed by atoms with Gasteiger partial charge in [-0.1, -0.05) is 0 Å². The number of furan rings is 1. The van der Waals surface area contributed by atoms with Gasteiger partial charge < -0.3 is 14.5 Å². The highest BCUT2D eigenvalue weighted by Gasteiger charge is 2.21. The molecular weight excluding hydrogens is 130 g/mol. The predicted octanol–water partition coefficient (Wildman–Crippen LogP) is 1.09. The monoisotopic (exact) mass is 139 g/mol. The third kappa shape index (κ3) is 1.30. The lowest BCUT2D eigenvalue weighted by molar-refractivity contribution is 0.415. The highest BCUT2D eigenvalue weighted by atomic mass is 16.6. The summed E-state index contributed by atoms with van der Waals surface area (Å²) in [5, 5.41) is 3.09. The molecule has 1 fully saturated rings. The smallest absolute Gasteiger partial charge is 0.192 e. The molecular formula is C7H9NO2. The third-order valence-electron chi connectivity index (χ3n) is 1.43. The highest BCUT2D eigenvalue weighted by molar-refractivity contribution is 5.29. The van der Waals surface area contributed by atoms with Crippen molar-refractivity contribution in [2.24, 2.45) is 0 Å².